The molecule has 5 aliphatic rings. The molecule has 0 aromatic rings. The van der Waals surface area contributed by atoms with E-state index < -0.39 is 18.1 Å². The van der Waals surface area contributed by atoms with Crippen LogP contribution in [0.1, 0.15) is 19.3 Å². The van der Waals surface area contributed by atoms with E-state index in [1.165, 1.54) is 0 Å². The highest BCUT2D eigenvalue weighted by atomic mass is 19.2. The van der Waals surface area contributed by atoms with Gasteiger partial charge >= 0.3 is 0 Å². The van der Waals surface area contributed by atoms with Gasteiger partial charge < -0.3 is 19.8 Å². The number of hydrogen-bond donors (Lipinski definition) is 2. The van der Waals surface area contributed by atoms with Crippen LogP contribution in [0.5, 0.6) is 0 Å². The molecule has 22 heavy (non-hydrogen) atoms. The number of piperidine rings is 1. The van der Waals surface area contributed by atoms with Gasteiger partial charge in [-0.2, -0.15) is 0 Å². The van der Waals surface area contributed by atoms with Crippen LogP contribution in [0, 0.1) is 11.3 Å². The molecule has 1 saturated carbocycles. The van der Waals surface area contributed by atoms with E-state index in [1.54, 1.807) is 6.08 Å². The molecular formula is C17H20FNO3. The number of aliphatic hydroxyl groups excluding tert-OH is 1. The number of likely N-dealkylation sites (tertiary alicyclic amines) is 1. The molecule has 4 nitrogen and oxygen atoms in total. The third kappa shape index (κ3) is 1.30. The van der Waals surface area contributed by atoms with Crippen molar-refractivity contribution in [2.75, 3.05) is 13.6 Å². The third-order valence-electron chi connectivity index (χ3n) is 6.44. The lowest BCUT2D eigenvalue weighted by Gasteiger charge is -2.58. The molecule has 118 valence electrons. The summed E-state index contributed by atoms with van der Waals surface area (Å²) in [6, 6.07) is 0.351. The Hall–Kier alpha value is -1.17. The first-order valence-electron chi connectivity index (χ1n) is 8.04. The van der Waals surface area contributed by atoms with Crippen molar-refractivity contribution >= 4 is 0 Å². The van der Waals surface area contributed by atoms with Gasteiger partial charge in [0, 0.05) is 29.4 Å². The second-order valence-electron chi connectivity index (χ2n) is 7.38. The number of aliphatic hydroxyl groups is 2. The molecule has 6 atom stereocenters. The molecule has 1 saturated heterocycles. The average Bonchev–Trinajstić information content (AvgIpc) is 2.83. The Labute approximate surface area is 128 Å². The zero-order valence-corrected chi connectivity index (χ0v) is 12.5. The predicted molar refractivity (Wildman–Crippen MR) is 77.4 cm³/mol. The summed E-state index contributed by atoms with van der Waals surface area (Å²) in [5.41, 5.74) is 1.58. The number of halogens is 1. The Morgan fingerprint density at radius 2 is 2.23 bits per heavy atom. The van der Waals surface area contributed by atoms with Gasteiger partial charge in [-0.1, -0.05) is 18.2 Å². The number of hydrogen-bond acceptors (Lipinski definition) is 4. The van der Waals surface area contributed by atoms with E-state index in [2.05, 4.69) is 18.0 Å². The molecule has 5 rings (SSSR count). The lowest BCUT2D eigenvalue weighted by molar-refractivity contribution is -0.129. The summed E-state index contributed by atoms with van der Waals surface area (Å²) in [6.07, 6.45) is 6.09. The van der Waals surface area contributed by atoms with Crippen molar-refractivity contribution in [3.8, 4) is 0 Å². The molecule has 2 N–H and O–H groups in total. The first-order chi connectivity index (χ1) is 10.4. The van der Waals surface area contributed by atoms with Crippen LogP contribution in [0.2, 0.25) is 0 Å². The van der Waals surface area contributed by atoms with Gasteiger partial charge in [0.2, 0.25) is 0 Å². The molecule has 0 aromatic heterocycles. The quantitative estimate of drug-likeness (QED) is 0.662. The van der Waals surface area contributed by atoms with Gasteiger partial charge in [0.25, 0.3) is 5.85 Å². The van der Waals surface area contributed by atoms with Crippen LogP contribution in [0.15, 0.2) is 35.1 Å². The smallest absolute Gasteiger partial charge is 0.268 e. The summed E-state index contributed by atoms with van der Waals surface area (Å²) in [4.78, 5) is 2.36. The maximum Gasteiger partial charge on any atom is 0.268 e. The van der Waals surface area contributed by atoms with Gasteiger partial charge in [0.1, 0.15) is 12.2 Å². The van der Waals surface area contributed by atoms with Crippen molar-refractivity contribution in [3.05, 3.63) is 35.1 Å². The van der Waals surface area contributed by atoms with Crippen molar-refractivity contribution in [2.45, 2.75) is 43.4 Å². The second kappa shape index (κ2) is 3.83. The number of alkyl halides is 1. The van der Waals surface area contributed by atoms with Crippen molar-refractivity contribution < 1.29 is 19.3 Å². The fourth-order valence-corrected chi connectivity index (χ4v) is 5.46. The SMILES string of the molecule is CN1CC[C@]23C4=C5O[C@H]2[C@@H](O)C=C[C@H]3[C@H]1CC4=CCC5(O)F. The first kappa shape index (κ1) is 13.3. The molecule has 0 aromatic carbocycles. The molecule has 2 heterocycles. The first-order valence-corrected chi connectivity index (χ1v) is 8.04. The van der Waals surface area contributed by atoms with Crippen LogP contribution >= 0.6 is 0 Å². The third-order valence-corrected chi connectivity index (χ3v) is 6.44. The van der Waals surface area contributed by atoms with Crippen LogP contribution < -0.4 is 0 Å². The topological polar surface area (TPSA) is 52.9 Å². The molecule has 2 fully saturated rings. The summed E-state index contributed by atoms with van der Waals surface area (Å²) in [6.45, 7) is 0.899. The number of ether oxygens (including phenoxy) is 1. The summed E-state index contributed by atoms with van der Waals surface area (Å²) < 4.78 is 20.5. The molecule has 2 bridgehead atoms. The van der Waals surface area contributed by atoms with Crippen molar-refractivity contribution in [3.63, 3.8) is 0 Å². The fraction of sp³-hybridized carbons (Fsp3) is 0.647. The van der Waals surface area contributed by atoms with E-state index in [4.69, 9.17) is 4.74 Å². The van der Waals surface area contributed by atoms with Gasteiger partial charge in [-0.15, -0.1) is 0 Å². The summed E-state index contributed by atoms with van der Waals surface area (Å²) in [5, 5.41) is 20.6. The van der Waals surface area contributed by atoms with Gasteiger partial charge in [-0.3, -0.25) is 0 Å². The van der Waals surface area contributed by atoms with Crippen LogP contribution in [0.3, 0.4) is 0 Å². The molecule has 5 heteroatoms. The lowest BCUT2D eigenvalue weighted by Crippen LogP contribution is -2.62. The van der Waals surface area contributed by atoms with E-state index in [1.807, 2.05) is 6.08 Å². The van der Waals surface area contributed by atoms with E-state index in [0.29, 0.717) is 6.04 Å². The Kier molecular flexibility index (Phi) is 2.31. The van der Waals surface area contributed by atoms with E-state index >= 15 is 0 Å². The van der Waals surface area contributed by atoms with Crippen LogP contribution in [-0.2, 0) is 4.74 Å². The Balaban J connectivity index is 1.78. The average molecular weight is 305 g/mol. The molecule has 1 unspecified atom stereocenters. The van der Waals surface area contributed by atoms with Gasteiger partial charge in [-0.25, -0.2) is 4.39 Å². The Morgan fingerprint density at radius 3 is 3.05 bits per heavy atom. The van der Waals surface area contributed by atoms with Crippen molar-refractivity contribution in [1.29, 1.82) is 0 Å². The molecular weight excluding hydrogens is 285 g/mol. The normalized spacial score (nSPS) is 52.3. The van der Waals surface area contributed by atoms with Crippen LogP contribution in [0.4, 0.5) is 4.39 Å². The maximum atomic E-state index is 14.6. The van der Waals surface area contributed by atoms with Crippen molar-refractivity contribution in [1.82, 2.24) is 4.90 Å². The van der Waals surface area contributed by atoms with Crippen LogP contribution in [0.25, 0.3) is 0 Å². The minimum absolute atomic E-state index is 0.0609. The van der Waals surface area contributed by atoms with Gasteiger partial charge in [0.15, 0.2) is 5.76 Å². The lowest BCUT2D eigenvalue weighted by atomic mass is 9.51. The van der Waals surface area contributed by atoms with Crippen LogP contribution in [-0.4, -0.2) is 52.8 Å². The highest BCUT2D eigenvalue weighted by Crippen LogP contribution is 2.65. The second-order valence-corrected chi connectivity index (χ2v) is 7.38. The number of nitrogens with zero attached hydrogens (tertiary/aromatic N) is 1. The molecule has 0 amide bonds. The predicted octanol–water partition coefficient (Wildman–Crippen LogP) is 1.27. The van der Waals surface area contributed by atoms with E-state index in [9.17, 15) is 14.6 Å². The minimum Gasteiger partial charge on any atom is -0.484 e. The van der Waals surface area contributed by atoms with E-state index in [-0.39, 0.29) is 23.5 Å². The highest BCUT2D eigenvalue weighted by Gasteiger charge is 2.67. The Morgan fingerprint density at radius 1 is 1.41 bits per heavy atom. The Bertz CT molecular complexity index is 652. The van der Waals surface area contributed by atoms with Gasteiger partial charge in [0.05, 0.1) is 0 Å². The fourth-order valence-electron chi connectivity index (χ4n) is 5.46. The molecule has 2 aliphatic heterocycles. The monoisotopic (exact) mass is 305 g/mol. The summed E-state index contributed by atoms with van der Waals surface area (Å²) in [5.74, 6) is -2.16. The largest absolute Gasteiger partial charge is 0.484 e. The highest BCUT2D eigenvalue weighted by molar-refractivity contribution is 5.54. The zero-order chi connectivity index (χ0) is 15.3. The summed E-state index contributed by atoms with van der Waals surface area (Å²) >= 11 is 0. The van der Waals surface area contributed by atoms with Gasteiger partial charge in [-0.05, 0) is 32.0 Å². The summed E-state index contributed by atoms with van der Waals surface area (Å²) in [7, 11) is 2.13. The zero-order valence-electron chi connectivity index (χ0n) is 12.5. The maximum absolute atomic E-state index is 14.6. The van der Waals surface area contributed by atoms with E-state index in [0.717, 1.165) is 30.5 Å². The molecule has 3 aliphatic carbocycles. The standard InChI is InChI=1S/C17H20FNO3/c1-19-7-6-16-10-2-3-12(20)14(16)22-15-13(16)9(8-11(10)19)4-5-17(15,18)21/h2-4,10-12,14,20-21H,5-8H2,1H3/t10-,11+,12-,14-,16-,17?/m0/s1. The van der Waals surface area contributed by atoms with Crippen molar-refractivity contribution in [2.24, 2.45) is 11.3 Å². The molecule has 0 radical (unpaired) electrons. The molecule has 1 spiro atoms. The number of rotatable bonds is 0. The minimum atomic E-state index is -2.44.